The van der Waals surface area contributed by atoms with E-state index in [2.05, 4.69) is 20.1 Å². The number of aromatic nitrogens is 4. The van der Waals surface area contributed by atoms with Crippen LogP contribution in [0, 0.1) is 0 Å². The lowest BCUT2D eigenvalue weighted by molar-refractivity contribution is -0.154. The maximum atomic E-state index is 13.5. The minimum atomic E-state index is -2.11. The van der Waals surface area contributed by atoms with E-state index in [1.807, 2.05) is 0 Å². The van der Waals surface area contributed by atoms with E-state index < -0.39 is 12.3 Å². The molecule has 0 saturated carbocycles. The summed E-state index contributed by atoms with van der Waals surface area (Å²) in [5.74, 6) is -0.620. The first-order valence-electron chi connectivity index (χ1n) is 4.86. The van der Waals surface area contributed by atoms with Crippen molar-refractivity contribution < 1.29 is 18.3 Å². The van der Waals surface area contributed by atoms with Crippen LogP contribution in [-0.2, 0) is 9.53 Å². The number of tetrazole rings is 1. The van der Waals surface area contributed by atoms with Crippen LogP contribution in [0.2, 0.25) is 0 Å². The molecule has 0 amide bonds. The fraction of sp³-hybridized carbons (Fsp3) is 0.333. The van der Waals surface area contributed by atoms with E-state index in [0.29, 0.717) is 10.6 Å². The third kappa shape index (κ3) is 2.30. The molecule has 0 aliphatic carbocycles. The van der Waals surface area contributed by atoms with E-state index in [1.54, 1.807) is 19.1 Å². The van der Waals surface area contributed by atoms with Gasteiger partial charge in [-0.05, 0) is 24.3 Å². The molecule has 0 aromatic carbocycles. The molecule has 90 valence electrons. The fourth-order valence-electron chi connectivity index (χ4n) is 1.13. The Hall–Kier alpha value is -2.25. The molecule has 0 aliphatic heterocycles. The first-order chi connectivity index (χ1) is 8.22. The van der Waals surface area contributed by atoms with Gasteiger partial charge in [0.15, 0.2) is 5.76 Å². The van der Waals surface area contributed by atoms with Crippen molar-refractivity contribution in [2.45, 2.75) is 13.2 Å². The van der Waals surface area contributed by atoms with Gasteiger partial charge in [-0.25, -0.2) is 9.18 Å². The SMILES string of the molecule is CCOC(=O)C(F)n1nnc(-c2ccco2)n1. The monoisotopic (exact) mass is 240 g/mol. The minimum absolute atomic E-state index is 0.0823. The summed E-state index contributed by atoms with van der Waals surface area (Å²) in [4.78, 5) is 11.6. The molecule has 2 rings (SSSR count). The van der Waals surface area contributed by atoms with Gasteiger partial charge in [0.1, 0.15) is 0 Å². The number of hydrogen-bond donors (Lipinski definition) is 0. The standard InChI is InChI=1S/C9H9FN4O3/c1-2-16-9(15)7(10)14-12-8(11-13-14)6-4-3-5-17-6/h3-5,7H,2H2,1H3. The molecule has 7 nitrogen and oxygen atoms in total. The number of carbonyl (C=O) groups is 1. The number of hydrogen-bond acceptors (Lipinski definition) is 6. The van der Waals surface area contributed by atoms with E-state index in [9.17, 15) is 9.18 Å². The number of halogens is 1. The molecule has 1 unspecified atom stereocenters. The maximum absolute atomic E-state index is 13.5. The highest BCUT2D eigenvalue weighted by molar-refractivity contribution is 5.72. The molecule has 2 aromatic rings. The molecule has 17 heavy (non-hydrogen) atoms. The van der Waals surface area contributed by atoms with Gasteiger partial charge in [0.05, 0.1) is 12.9 Å². The summed E-state index contributed by atoms with van der Waals surface area (Å²) in [6.45, 7) is 1.66. The van der Waals surface area contributed by atoms with Gasteiger partial charge in [0, 0.05) is 0 Å². The maximum Gasteiger partial charge on any atom is 0.365 e. The summed E-state index contributed by atoms with van der Waals surface area (Å²) in [5.41, 5.74) is 0. The molecule has 0 fully saturated rings. The highest BCUT2D eigenvalue weighted by Crippen LogP contribution is 2.15. The largest absolute Gasteiger partial charge is 0.462 e. The van der Waals surface area contributed by atoms with E-state index >= 15 is 0 Å². The summed E-state index contributed by atoms with van der Waals surface area (Å²) in [5, 5.41) is 10.7. The lowest BCUT2D eigenvalue weighted by Gasteiger charge is -2.04. The Kier molecular flexibility index (Phi) is 3.12. The van der Waals surface area contributed by atoms with Crippen LogP contribution < -0.4 is 0 Å². The van der Waals surface area contributed by atoms with Crippen molar-refractivity contribution in [2.24, 2.45) is 0 Å². The predicted molar refractivity (Wildman–Crippen MR) is 52.3 cm³/mol. The van der Waals surface area contributed by atoms with E-state index in [4.69, 9.17) is 4.42 Å². The van der Waals surface area contributed by atoms with Crippen LogP contribution in [0.4, 0.5) is 4.39 Å². The third-order valence-electron chi connectivity index (χ3n) is 1.85. The van der Waals surface area contributed by atoms with E-state index in [1.165, 1.54) is 6.26 Å². The van der Waals surface area contributed by atoms with Crippen molar-refractivity contribution in [3.8, 4) is 11.6 Å². The molecule has 0 bridgehead atoms. The predicted octanol–water partition coefficient (Wildman–Crippen LogP) is 0.964. The van der Waals surface area contributed by atoms with Crippen LogP contribution in [0.25, 0.3) is 11.6 Å². The van der Waals surface area contributed by atoms with Gasteiger partial charge in [-0.3, -0.25) is 0 Å². The summed E-state index contributed by atoms with van der Waals surface area (Å²) >= 11 is 0. The second-order valence-corrected chi connectivity index (χ2v) is 3.00. The molecule has 0 spiro atoms. The van der Waals surface area contributed by atoms with Crippen molar-refractivity contribution in [3.63, 3.8) is 0 Å². The van der Waals surface area contributed by atoms with Crippen LogP contribution in [-0.4, -0.2) is 32.8 Å². The van der Waals surface area contributed by atoms with E-state index in [0.717, 1.165) is 0 Å². The lowest BCUT2D eigenvalue weighted by Crippen LogP contribution is -2.20. The Bertz CT molecular complexity index is 496. The van der Waals surface area contributed by atoms with Crippen LogP contribution in [0.1, 0.15) is 13.2 Å². The summed E-state index contributed by atoms with van der Waals surface area (Å²) in [7, 11) is 0. The smallest absolute Gasteiger partial charge is 0.365 e. The Morgan fingerprint density at radius 2 is 2.53 bits per heavy atom. The van der Waals surface area contributed by atoms with Gasteiger partial charge in [0.2, 0.25) is 5.82 Å². The Morgan fingerprint density at radius 3 is 3.18 bits per heavy atom. The molecule has 0 radical (unpaired) electrons. The lowest BCUT2D eigenvalue weighted by atomic mass is 10.4. The number of carbonyl (C=O) groups excluding carboxylic acids is 1. The highest BCUT2D eigenvalue weighted by Gasteiger charge is 2.24. The topological polar surface area (TPSA) is 83.0 Å². The van der Waals surface area contributed by atoms with Gasteiger partial charge in [-0.1, -0.05) is 0 Å². The van der Waals surface area contributed by atoms with Gasteiger partial charge in [0.25, 0.3) is 0 Å². The van der Waals surface area contributed by atoms with Gasteiger partial charge in [-0.15, -0.1) is 15.0 Å². The van der Waals surface area contributed by atoms with Gasteiger partial charge >= 0.3 is 12.3 Å². The molecule has 1 atom stereocenters. The average molecular weight is 240 g/mol. The number of rotatable bonds is 4. The van der Waals surface area contributed by atoms with Gasteiger partial charge < -0.3 is 9.15 Å². The molecular weight excluding hydrogens is 231 g/mol. The second kappa shape index (κ2) is 4.73. The van der Waals surface area contributed by atoms with Crippen LogP contribution >= 0.6 is 0 Å². The average Bonchev–Trinajstić information content (AvgIpc) is 2.98. The van der Waals surface area contributed by atoms with Crippen LogP contribution in [0.15, 0.2) is 22.8 Å². The van der Waals surface area contributed by atoms with Crippen molar-refractivity contribution in [1.29, 1.82) is 0 Å². The molecule has 8 heteroatoms. The summed E-state index contributed by atoms with van der Waals surface area (Å²) in [6, 6.07) is 3.23. The van der Waals surface area contributed by atoms with Crippen molar-refractivity contribution in [2.75, 3.05) is 6.61 Å². The molecule has 0 saturated heterocycles. The molecule has 2 heterocycles. The van der Waals surface area contributed by atoms with Crippen molar-refractivity contribution in [1.82, 2.24) is 20.2 Å². The summed E-state index contributed by atoms with van der Waals surface area (Å²) < 4.78 is 23.0. The van der Waals surface area contributed by atoms with Crippen LogP contribution in [0.3, 0.4) is 0 Å². The zero-order valence-electron chi connectivity index (χ0n) is 8.91. The first-order valence-corrected chi connectivity index (χ1v) is 4.86. The Morgan fingerprint density at radius 1 is 1.71 bits per heavy atom. The number of nitrogens with zero attached hydrogens (tertiary/aromatic N) is 4. The number of alkyl halides is 1. The first kappa shape index (κ1) is 11.2. The zero-order valence-corrected chi connectivity index (χ0v) is 8.91. The van der Waals surface area contributed by atoms with Gasteiger partial charge in [-0.2, -0.15) is 0 Å². The number of ether oxygens (including phenoxy) is 1. The number of esters is 1. The second-order valence-electron chi connectivity index (χ2n) is 3.00. The normalized spacial score (nSPS) is 12.4. The zero-order chi connectivity index (χ0) is 12.3. The van der Waals surface area contributed by atoms with Crippen LogP contribution in [0.5, 0.6) is 0 Å². The van der Waals surface area contributed by atoms with Crippen molar-refractivity contribution in [3.05, 3.63) is 18.4 Å². The summed E-state index contributed by atoms with van der Waals surface area (Å²) in [6.07, 6.45) is -0.680. The highest BCUT2D eigenvalue weighted by atomic mass is 19.1. The van der Waals surface area contributed by atoms with E-state index in [-0.39, 0.29) is 12.4 Å². The molecule has 0 aliphatic rings. The van der Waals surface area contributed by atoms with Crippen molar-refractivity contribution >= 4 is 5.97 Å². The molecular formula is C9H9FN4O3. The number of furan rings is 1. The third-order valence-corrected chi connectivity index (χ3v) is 1.85. The minimum Gasteiger partial charge on any atom is -0.462 e. The Balaban J connectivity index is 2.16. The quantitative estimate of drug-likeness (QED) is 0.740. The fourth-order valence-corrected chi connectivity index (χ4v) is 1.13. The molecule has 2 aromatic heterocycles. The molecule has 0 N–H and O–H groups in total. The Labute approximate surface area is 95.2 Å².